The molecule has 0 amide bonds. The zero-order chi connectivity index (χ0) is 13.3. The van der Waals surface area contributed by atoms with Crippen molar-refractivity contribution < 1.29 is 0 Å². The number of hydrogen-bond donors (Lipinski definition) is 0. The molecule has 1 atom stereocenters. The average Bonchev–Trinajstić information content (AvgIpc) is 2.84. The summed E-state index contributed by atoms with van der Waals surface area (Å²) in [4.78, 5) is 0. The smallest absolute Gasteiger partial charge is 0.104 e. The molecule has 1 unspecified atom stereocenters. The van der Waals surface area contributed by atoms with Crippen molar-refractivity contribution in [2.24, 2.45) is 7.05 Å². The topological polar surface area (TPSA) is 48.5 Å². The second-order valence-electron chi connectivity index (χ2n) is 4.50. The van der Waals surface area contributed by atoms with E-state index in [9.17, 15) is 0 Å². The Morgan fingerprint density at radius 1 is 1.39 bits per heavy atom. The maximum absolute atomic E-state index is 6.34. The van der Waals surface area contributed by atoms with Crippen LogP contribution >= 0.6 is 11.6 Å². The third kappa shape index (κ3) is 2.41. The van der Waals surface area contributed by atoms with Crippen LogP contribution in [0.5, 0.6) is 0 Å². The number of aromatic nitrogens is 5. The Labute approximate surface area is 112 Å². The first-order valence-corrected chi connectivity index (χ1v) is 6.49. The highest BCUT2D eigenvalue weighted by atomic mass is 35.5. The van der Waals surface area contributed by atoms with E-state index in [4.69, 9.17) is 11.6 Å². The molecule has 18 heavy (non-hydrogen) atoms. The summed E-state index contributed by atoms with van der Waals surface area (Å²) in [6, 6.07) is 0. The van der Waals surface area contributed by atoms with Crippen LogP contribution in [0.2, 0.25) is 0 Å². The maximum atomic E-state index is 6.34. The summed E-state index contributed by atoms with van der Waals surface area (Å²) in [6.07, 6.45) is 2.80. The van der Waals surface area contributed by atoms with Gasteiger partial charge in [-0.05, 0) is 20.3 Å². The van der Waals surface area contributed by atoms with Gasteiger partial charge in [0, 0.05) is 24.5 Å². The van der Waals surface area contributed by atoms with E-state index in [0.717, 1.165) is 29.1 Å². The highest BCUT2D eigenvalue weighted by Gasteiger charge is 2.18. The number of nitrogens with zero attached hydrogens (tertiary/aromatic N) is 5. The molecule has 0 radical (unpaired) electrons. The van der Waals surface area contributed by atoms with Crippen LogP contribution in [-0.2, 0) is 13.6 Å². The largest absolute Gasteiger partial charge is 0.263 e. The highest BCUT2D eigenvalue weighted by molar-refractivity contribution is 6.20. The molecule has 2 aromatic heterocycles. The van der Waals surface area contributed by atoms with Gasteiger partial charge in [-0.25, -0.2) is 0 Å². The highest BCUT2D eigenvalue weighted by Crippen LogP contribution is 2.29. The van der Waals surface area contributed by atoms with Crippen LogP contribution in [-0.4, -0.2) is 24.8 Å². The van der Waals surface area contributed by atoms with Crippen LogP contribution in [0.3, 0.4) is 0 Å². The Kier molecular flexibility index (Phi) is 3.71. The van der Waals surface area contributed by atoms with E-state index in [0.29, 0.717) is 6.54 Å². The van der Waals surface area contributed by atoms with Gasteiger partial charge in [0.25, 0.3) is 0 Å². The first-order valence-electron chi connectivity index (χ1n) is 6.06. The van der Waals surface area contributed by atoms with Crippen LogP contribution in [0.25, 0.3) is 0 Å². The Balaban J connectivity index is 2.29. The Morgan fingerprint density at radius 3 is 2.67 bits per heavy atom. The van der Waals surface area contributed by atoms with Gasteiger partial charge < -0.3 is 0 Å². The molecule has 0 spiro atoms. The zero-order valence-corrected chi connectivity index (χ0v) is 11.9. The maximum Gasteiger partial charge on any atom is 0.104 e. The number of halogens is 1. The van der Waals surface area contributed by atoms with Crippen molar-refractivity contribution in [3.63, 3.8) is 0 Å². The Hall–Kier alpha value is -1.36. The monoisotopic (exact) mass is 267 g/mol. The van der Waals surface area contributed by atoms with Gasteiger partial charge in [0.15, 0.2) is 0 Å². The van der Waals surface area contributed by atoms with Crippen molar-refractivity contribution in [3.05, 3.63) is 28.8 Å². The molecule has 0 aromatic carbocycles. The molecular formula is C12H18ClN5. The minimum Gasteiger partial charge on any atom is -0.263 e. The summed E-state index contributed by atoms with van der Waals surface area (Å²) in [6.45, 7) is 6.77. The van der Waals surface area contributed by atoms with Gasteiger partial charge in [0.2, 0.25) is 0 Å². The summed E-state index contributed by atoms with van der Waals surface area (Å²) in [5, 5.41) is 12.6. The fourth-order valence-corrected chi connectivity index (χ4v) is 2.46. The van der Waals surface area contributed by atoms with E-state index in [-0.39, 0.29) is 5.38 Å². The fraction of sp³-hybridized carbons (Fsp3) is 0.583. The zero-order valence-electron chi connectivity index (χ0n) is 11.2. The van der Waals surface area contributed by atoms with Crippen LogP contribution in [0, 0.1) is 13.8 Å². The molecule has 0 N–H and O–H groups in total. The molecule has 0 saturated carbocycles. The fourth-order valence-electron chi connectivity index (χ4n) is 2.14. The van der Waals surface area contributed by atoms with Gasteiger partial charge in [-0.2, -0.15) is 5.10 Å². The molecule has 0 aliphatic carbocycles. The van der Waals surface area contributed by atoms with Gasteiger partial charge in [-0.1, -0.05) is 12.1 Å². The van der Waals surface area contributed by atoms with E-state index in [1.807, 2.05) is 24.9 Å². The molecule has 5 nitrogen and oxygen atoms in total. The van der Waals surface area contributed by atoms with E-state index in [1.165, 1.54) is 0 Å². The van der Waals surface area contributed by atoms with Crippen LogP contribution in [0.1, 0.15) is 41.4 Å². The van der Waals surface area contributed by atoms with Crippen LogP contribution in [0.15, 0.2) is 6.20 Å². The van der Waals surface area contributed by atoms with Crippen molar-refractivity contribution in [3.8, 4) is 0 Å². The van der Waals surface area contributed by atoms with Crippen molar-refractivity contribution in [1.82, 2.24) is 24.8 Å². The molecule has 0 bridgehead atoms. The first kappa shape index (κ1) is 13.1. The summed E-state index contributed by atoms with van der Waals surface area (Å²) in [5.41, 5.74) is 4.15. The lowest BCUT2D eigenvalue weighted by atomic mass is 10.1. The molecular weight excluding hydrogens is 250 g/mol. The van der Waals surface area contributed by atoms with E-state index < -0.39 is 0 Å². The molecule has 98 valence electrons. The molecule has 2 rings (SSSR count). The predicted molar refractivity (Wildman–Crippen MR) is 70.7 cm³/mol. The summed E-state index contributed by atoms with van der Waals surface area (Å²) in [5.74, 6) is 0. The third-order valence-electron chi connectivity index (χ3n) is 3.07. The molecule has 0 fully saturated rings. The van der Waals surface area contributed by atoms with Crippen molar-refractivity contribution in [2.75, 3.05) is 0 Å². The van der Waals surface area contributed by atoms with Crippen molar-refractivity contribution in [2.45, 2.75) is 39.1 Å². The van der Waals surface area contributed by atoms with E-state index in [2.05, 4.69) is 29.3 Å². The normalized spacial score (nSPS) is 12.9. The molecule has 2 aromatic rings. The lowest BCUT2D eigenvalue weighted by Crippen LogP contribution is -2.05. The second kappa shape index (κ2) is 5.10. The Bertz CT molecular complexity index is 543. The first-order chi connectivity index (χ1) is 8.52. The molecule has 2 heterocycles. The number of rotatable bonds is 4. The van der Waals surface area contributed by atoms with E-state index in [1.54, 1.807) is 4.68 Å². The summed E-state index contributed by atoms with van der Waals surface area (Å²) >= 11 is 6.34. The van der Waals surface area contributed by atoms with E-state index >= 15 is 0 Å². The van der Waals surface area contributed by atoms with Gasteiger partial charge in [-0.3, -0.25) is 9.36 Å². The van der Waals surface area contributed by atoms with Crippen LogP contribution in [0.4, 0.5) is 0 Å². The molecule has 6 heteroatoms. The SMILES string of the molecule is CCC(Cl)c1c(C)nn(Cc2cn(C)nn2)c1C. The lowest BCUT2D eigenvalue weighted by molar-refractivity contribution is 0.642. The summed E-state index contributed by atoms with van der Waals surface area (Å²) < 4.78 is 3.64. The van der Waals surface area contributed by atoms with Crippen LogP contribution < -0.4 is 0 Å². The van der Waals surface area contributed by atoms with Gasteiger partial charge in [-0.15, -0.1) is 16.7 Å². The number of alkyl halides is 1. The molecule has 0 saturated heterocycles. The van der Waals surface area contributed by atoms with Crippen molar-refractivity contribution in [1.29, 1.82) is 0 Å². The molecule has 0 aliphatic rings. The third-order valence-corrected chi connectivity index (χ3v) is 3.60. The summed E-state index contributed by atoms with van der Waals surface area (Å²) in [7, 11) is 1.86. The predicted octanol–water partition coefficient (Wildman–Crippen LogP) is 2.37. The van der Waals surface area contributed by atoms with Crippen molar-refractivity contribution >= 4 is 11.6 Å². The Morgan fingerprint density at radius 2 is 2.11 bits per heavy atom. The minimum absolute atomic E-state index is 0.0283. The van der Waals surface area contributed by atoms with Gasteiger partial charge >= 0.3 is 0 Å². The minimum atomic E-state index is 0.0283. The number of aryl methyl sites for hydroxylation is 2. The second-order valence-corrected chi connectivity index (χ2v) is 5.03. The average molecular weight is 268 g/mol. The molecule has 0 aliphatic heterocycles. The number of hydrogen-bond acceptors (Lipinski definition) is 3. The quantitative estimate of drug-likeness (QED) is 0.799. The van der Waals surface area contributed by atoms with Gasteiger partial charge in [0.05, 0.1) is 17.6 Å². The van der Waals surface area contributed by atoms with Gasteiger partial charge in [0.1, 0.15) is 5.69 Å². The lowest BCUT2D eigenvalue weighted by Gasteiger charge is -2.07. The standard InChI is InChI=1S/C12H18ClN5/c1-5-11(13)12-8(2)15-18(9(12)3)7-10-6-17(4)16-14-10/h6,11H,5,7H2,1-4H3.